The Hall–Kier alpha value is -1.68. The fraction of sp³-hybridized carbons (Fsp3) is 0.200. The molecule has 1 amide bonds. The molecule has 0 saturated carbocycles. The van der Waals surface area contributed by atoms with E-state index in [2.05, 4.69) is 67.8 Å². The molecule has 150 valence electrons. The number of hydrogen-bond donors (Lipinski definition) is 1. The van der Waals surface area contributed by atoms with Gasteiger partial charge in [-0.2, -0.15) is 5.10 Å². The molecule has 1 heterocycles. The molecule has 0 bridgehead atoms. The summed E-state index contributed by atoms with van der Waals surface area (Å²) >= 11 is 7.95. The van der Waals surface area contributed by atoms with E-state index in [0.717, 1.165) is 30.2 Å². The summed E-state index contributed by atoms with van der Waals surface area (Å²) in [4.78, 5) is 12.1. The number of thioether (sulfide) groups is 2. The lowest BCUT2D eigenvalue weighted by atomic mass is 10.1. The van der Waals surface area contributed by atoms with Crippen molar-refractivity contribution < 1.29 is 4.79 Å². The molecular formula is C20H19BrN4OS3. The van der Waals surface area contributed by atoms with E-state index in [9.17, 15) is 4.79 Å². The summed E-state index contributed by atoms with van der Waals surface area (Å²) < 4.78 is 2.65. The quantitative estimate of drug-likeness (QED) is 0.247. The van der Waals surface area contributed by atoms with Crippen LogP contribution in [0.25, 0.3) is 0 Å². The Kier molecular flexibility index (Phi) is 8.29. The summed E-state index contributed by atoms with van der Waals surface area (Å²) in [5.41, 5.74) is 6.79. The van der Waals surface area contributed by atoms with Crippen LogP contribution < -0.4 is 5.43 Å². The van der Waals surface area contributed by atoms with Gasteiger partial charge in [-0.1, -0.05) is 92.8 Å². The predicted octanol–water partition coefficient (Wildman–Crippen LogP) is 5.53. The van der Waals surface area contributed by atoms with Gasteiger partial charge in [0.25, 0.3) is 5.91 Å². The first-order chi connectivity index (χ1) is 14.0. The number of halogens is 1. The summed E-state index contributed by atoms with van der Waals surface area (Å²) in [7, 11) is 0. The minimum absolute atomic E-state index is 0.173. The first kappa shape index (κ1) is 22.0. The van der Waals surface area contributed by atoms with Crippen LogP contribution in [0, 0.1) is 6.92 Å². The van der Waals surface area contributed by atoms with Crippen LogP contribution in [0.1, 0.15) is 23.6 Å². The van der Waals surface area contributed by atoms with Gasteiger partial charge in [0.2, 0.25) is 0 Å². The number of aryl methyl sites for hydroxylation is 1. The Morgan fingerprint density at radius 3 is 2.59 bits per heavy atom. The maximum Gasteiger partial charge on any atom is 0.250 e. The Morgan fingerprint density at radius 2 is 1.86 bits per heavy atom. The SMILES string of the molecule is C/C(=N\NC(=O)CSc1nnc(SCc2ccc(C)cc2)s1)c1cccc(Br)c1. The summed E-state index contributed by atoms with van der Waals surface area (Å²) in [6, 6.07) is 16.2. The smallest absolute Gasteiger partial charge is 0.250 e. The average Bonchev–Trinajstić information content (AvgIpc) is 3.18. The number of carbonyl (C=O) groups excluding carboxylic acids is 1. The van der Waals surface area contributed by atoms with Crippen LogP contribution in [-0.4, -0.2) is 27.6 Å². The molecule has 3 rings (SSSR count). The minimum atomic E-state index is -0.173. The summed E-state index contributed by atoms with van der Waals surface area (Å²) in [6.45, 7) is 3.94. The van der Waals surface area contributed by atoms with E-state index in [1.54, 1.807) is 11.8 Å². The van der Waals surface area contributed by atoms with Gasteiger partial charge in [-0.05, 0) is 37.1 Å². The Balaban J connectivity index is 1.44. The second-order valence-corrected chi connectivity index (χ2v) is 10.5. The first-order valence-electron chi connectivity index (χ1n) is 8.73. The second kappa shape index (κ2) is 10.9. The van der Waals surface area contributed by atoms with Crippen molar-refractivity contribution in [2.75, 3.05) is 5.75 Å². The lowest BCUT2D eigenvalue weighted by Crippen LogP contribution is -2.21. The van der Waals surface area contributed by atoms with Gasteiger partial charge in [-0.25, -0.2) is 5.43 Å². The van der Waals surface area contributed by atoms with Gasteiger partial charge in [-0.3, -0.25) is 4.79 Å². The van der Waals surface area contributed by atoms with Crippen molar-refractivity contribution in [1.82, 2.24) is 15.6 Å². The maximum atomic E-state index is 12.1. The Morgan fingerprint density at radius 1 is 1.14 bits per heavy atom. The highest BCUT2D eigenvalue weighted by atomic mass is 79.9. The summed E-state index contributed by atoms with van der Waals surface area (Å²) in [5.74, 6) is 0.921. The molecule has 3 aromatic rings. The lowest BCUT2D eigenvalue weighted by Gasteiger charge is -2.03. The van der Waals surface area contributed by atoms with Gasteiger partial charge in [0.05, 0.1) is 11.5 Å². The number of amides is 1. The molecule has 2 aromatic carbocycles. The lowest BCUT2D eigenvalue weighted by molar-refractivity contribution is -0.118. The maximum absolute atomic E-state index is 12.1. The molecule has 0 spiro atoms. The Bertz CT molecular complexity index is 1000. The number of aromatic nitrogens is 2. The van der Waals surface area contributed by atoms with Crippen molar-refractivity contribution in [2.24, 2.45) is 5.10 Å². The van der Waals surface area contributed by atoms with Crippen LogP contribution in [0.3, 0.4) is 0 Å². The zero-order chi connectivity index (χ0) is 20.6. The predicted molar refractivity (Wildman–Crippen MR) is 126 cm³/mol. The molecular weight excluding hydrogens is 488 g/mol. The van der Waals surface area contributed by atoms with Crippen molar-refractivity contribution in [2.45, 2.75) is 28.3 Å². The fourth-order valence-electron chi connectivity index (χ4n) is 2.23. The van der Waals surface area contributed by atoms with Gasteiger partial charge in [0.1, 0.15) is 0 Å². The van der Waals surface area contributed by atoms with E-state index in [0.29, 0.717) is 0 Å². The third-order valence-electron chi connectivity index (χ3n) is 3.79. The summed E-state index contributed by atoms with van der Waals surface area (Å²) in [5, 5.41) is 12.5. The highest BCUT2D eigenvalue weighted by Crippen LogP contribution is 2.30. The number of hydrazone groups is 1. The van der Waals surface area contributed by atoms with Crippen molar-refractivity contribution in [3.8, 4) is 0 Å². The molecule has 0 aliphatic carbocycles. The molecule has 0 unspecified atom stereocenters. The molecule has 0 aliphatic heterocycles. The molecule has 0 radical (unpaired) electrons. The zero-order valence-corrected chi connectivity index (χ0v) is 19.9. The van der Waals surface area contributed by atoms with Crippen LogP contribution >= 0.6 is 50.8 Å². The number of benzene rings is 2. The third-order valence-corrected chi connectivity index (χ3v) is 7.54. The molecule has 0 aliphatic rings. The molecule has 5 nitrogen and oxygen atoms in total. The van der Waals surface area contributed by atoms with E-state index < -0.39 is 0 Å². The Labute approximate surface area is 190 Å². The van der Waals surface area contributed by atoms with Gasteiger partial charge in [0.15, 0.2) is 8.68 Å². The number of hydrogen-bond acceptors (Lipinski definition) is 7. The number of carbonyl (C=O) groups is 1. The van der Waals surface area contributed by atoms with Crippen LogP contribution in [0.2, 0.25) is 0 Å². The standard InChI is InChI=1S/C20H19BrN4OS3/c1-13-6-8-15(9-7-13)11-27-19-24-25-20(29-19)28-12-18(26)23-22-14(2)16-4-3-5-17(21)10-16/h3-10H,11-12H2,1-2H3,(H,23,26)/b22-14+. The van der Waals surface area contributed by atoms with Gasteiger partial charge in [0, 0.05) is 10.2 Å². The third kappa shape index (κ3) is 7.26. The van der Waals surface area contributed by atoms with Crippen molar-refractivity contribution in [1.29, 1.82) is 0 Å². The topological polar surface area (TPSA) is 67.2 Å². The zero-order valence-electron chi connectivity index (χ0n) is 15.9. The van der Waals surface area contributed by atoms with Gasteiger partial charge < -0.3 is 0 Å². The van der Waals surface area contributed by atoms with Gasteiger partial charge >= 0.3 is 0 Å². The molecule has 0 fully saturated rings. The molecule has 1 N–H and O–H groups in total. The van der Waals surface area contributed by atoms with Crippen LogP contribution in [0.15, 0.2) is 66.8 Å². The molecule has 9 heteroatoms. The average molecular weight is 508 g/mol. The molecule has 1 aromatic heterocycles. The monoisotopic (exact) mass is 506 g/mol. The van der Waals surface area contributed by atoms with Crippen molar-refractivity contribution in [3.63, 3.8) is 0 Å². The molecule has 0 saturated heterocycles. The highest BCUT2D eigenvalue weighted by Gasteiger charge is 2.09. The fourth-order valence-corrected chi connectivity index (χ4v) is 5.39. The summed E-state index contributed by atoms with van der Waals surface area (Å²) in [6.07, 6.45) is 0. The first-order valence-corrected chi connectivity index (χ1v) is 12.3. The van der Waals surface area contributed by atoms with E-state index in [1.165, 1.54) is 34.2 Å². The highest BCUT2D eigenvalue weighted by molar-refractivity contribution is 9.10. The van der Waals surface area contributed by atoms with Crippen LogP contribution in [0.5, 0.6) is 0 Å². The normalized spacial score (nSPS) is 11.5. The number of nitrogens with one attached hydrogen (secondary N) is 1. The number of nitrogens with zero attached hydrogens (tertiary/aromatic N) is 3. The van der Waals surface area contributed by atoms with Crippen molar-refractivity contribution >= 4 is 62.4 Å². The second-order valence-electron chi connectivity index (χ2n) is 6.14. The van der Waals surface area contributed by atoms with Crippen LogP contribution in [-0.2, 0) is 10.5 Å². The van der Waals surface area contributed by atoms with E-state index in [1.807, 2.05) is 31.2 Å². The van der Waals surface area contributed by atoms with E-state index in [-0.39, 0.29) is 11.7 Å². The van der Waals surface area contributed by atoms with E-state index >= 15 is 0 Å². The van der Waals surface area contributed by atoms with Gasteiger partial charge in [-0.15, -0.1) is 10.2 Å². The van der Waals surface area contributed by atoms with E-state index in [4.69, 9.17) is 0 Å². The largest absolute Gasteiger partial charge is 0.272 e. The molecule has 29 heavy (non-hydrogen) atoms. The van der Waals surface area contributed by atoms with Crippen LogP contribution in [0.4, 0.5) is 0 Å². The molecule has 0 atom stereocenters. The minimum Gasteiger partial charge on any atom is -0.272 e. The number of rotatable bonds is 8. The van der Waals surface area contributed by atoms with Crippen molar-refractivity contribution in [3.05, 3.63) is 69.7 Å².